The SMILES string of the molecule is Cl.O=C(NCc1cccs1)[C@@]12CCCC[C@H]1CNC2. The van der Waals surface area contributed by atoms with Crippen LogP contribution in [0.1, 0.15) is 30.6 Å². The molecule has 2 heterocycles. The molecule has 2 atom stereocenters. The van der Waals surface area contributed by atoms with Crippen molar-refractivity contribution < 1.29 is 4.79 Å². The Morgan fingerprint density at radius 1 is 1.53 bits per heavy atom. The lowest BCUT2D eigenvalue weighted by Gasteiger charge is -2.37. The molecule has 0 unspecified atom stereocenters. The summed E-state index contributed by atoms with van der Waals surface area (Å²) in [5, 5.41) is 8.63. The summed E-state index contributed by atoms with van der Waals surface area (Å²) in [5.74, 6) is 0.820. The van der Waals surface area contributed by atoms with Crippen molar-refractivity contribution in [1.29, 1.82) is 0 Å². The van der Waals surface area contributed by atoms with Crippen LogP contribution in [-0.2, 0) is 11.3 Å². The van der Waals surface area contributed by atoms with Gasteiger partial charge >= 0.3 is 0 Å². The molecule has 3 nitrogen and oxygen atoms in total. The highest BCUT2D eigenvalue weighted by Crippen LogP contribution is 2.43. The predicted octanol–water partition coefficient (Wildman–Crippen LogP) is 2.57. The van der Waals surface area contributed by atoms with Gasteiger partial charge in [-0.15, -0.1) is 23.7 Å². The van der Waals surface area contributed by atoms with Gasteiger partial charge in [0, 0.05) is 11.4 Å². The van der Waals surface area contributed by atoms with Gasteiger partial charge in [-0.25, -0.2) is 0 Å². The summed E-state index contributed by atoms with van der Waals surface area (Å²) in [6, 6.07) is 4.11. The zero-order valence-corrected chi connectivity index (χ0v) is 12.6. The van der Waals surface area contributed by atoms with Gasteiger partial charge in [-0.2, -0.15) is 0 Å². The van der Waals surface area contributed by atoms with Gasteiger partial charge in [0.25, 0.3) is 0 Å². The second-order valence-electron chi connectivity index (χ2n) is 5.49. The molecule has 1 saturated heterocycles. The first-order valence-electron chi connectivity index (χ1n) is 6.83. The Bertz CT molecular complexity index is 423. The number of carbonyl (C=O) groups excluding carboxylic acids is 1. The summed E-state index contributed by atoms with van der Waals surface area (Å²) in [7, 11) is 0. The Labute approximate surface area is 124 Å². The third-order valence-corrected chi connectivity index (χ3v) is 5.37. The lowest BCUT2D eigenvalue weighted by molar-refractivity contribution is -0.134. The first-order valence-corrected chi connectivity index (χ1v) is 7.71. The van der Waals surface area contributed by atoms with Crippen LogP contribution < -0.4 is 10.6 Å². The predicted molar refractivity (Wildman–Crippen MR) is 80.7 cm³/mol. The fraction of sp³-hybridized carbons (Fsp3) is 0.643. The molecule has 19 heavy (non-hydrogen) atoms. The maximum atomic E-state index is 12.6. The van der Waals surface area contributed by atoms with E-state index in [1.54, 1.807) is 11.3 Å². The van der Waals surface area contributed by atoms with E-state index in [0.29, 0.717) is 12.5 Å². The van der Waals surface area contributed by atoms with Gasteiger partial charge in [-0.05, 0) is 36.8 Å². The zero-order valence-electron chi connectivity index (χ0n) is 11.0. The van der Waals surface area contributed by atoms with E-state index in [1.807, 2.05) is 6.07 Å². The molecule has 5 heteroatoms. The van der Waals surface area contributed by atoms with Gasteiger partial charge < -0.3 is 10.6 Å². The summed E-state index contributed by atoms with van der Waals surface area (Å²) >= 11 is 1.70. The molecule has 3 rings (SSSR count). The molecule has 1 aromatic rings. The van der Waals surface area contributed by atoms with Crippen LogP contribution in [0.25, 0.3) is 0 Å². The first kappa shape index (κ1) is 14.8. The van der Waals surface area contributed by atoms with Gasteiger partial charge in [-0.3, -0.25) is 4.79 Å². The number of rotatable bonds is 3. The van der Waals surface area contributed by atoms with Crippen molar-refractivity contribution in [3.05, 3.63) is 22.4 Å². The Hall–Kier alpha value is -0.580. The van der Waals surface area contributed by atoms with Crippen LogP contribution in [0.15, 0.2) is 17.5 Å². The molecule has 2 N–H and O–H groups in total. The smallest absolute Gasteiger partial charge is 0.228 e. The second-order valence-corrected chi connectivity index (χ2v) is 6.52. The van der Waals surface area contributed by atoms with Gasteiger partial charge in [0.1, 0.15) is 0 Å². The van der Waals surface area contributed by atoms with Crippen molar-refractivity contribution in [2.24, 2.45) is 11.3 Å². The van der Waals surface area contributed by atoms with Gasteiger partial charge in [0.15, 0.2) is 0 Å². The van der Waals surface area contributed by atoms with Crippen molar-refractivity contribution >= 4 is 29.7 Å². The molecule has 106 valence electrons. The van der Waals surface area contributed by atoms with Crippen LogP contribution in [0.3, 0.4) is 0 Å². The zero-order chi connectivity index (χ0) is 12.4. The molecule has 1 aliphatic carbocycles. The van der Waals surface area contributed by atoms with Crippen LogP contribution in [0.4, 0.5) is 0 Å². The van der Waals surface area contributed by atoms with Gasteiger partial charge in [-0.1, -0.05) is 18.9 Å². The molecule has 1 aromatic heterocycles. The van der Waals surface area contributed by atoms with Crippen LogP contribution in [0.5, 0.6) is 0 Å². The average Bonchev–Trinajstić information content (AvgIpc) is 3.05. The summed E-state index contributed by atoms with van der Waals surface area (Å²) < 4.78 is 0. The lowest BCUT2D eigenvalue weighted by atomic mass is 9.67. The molecule has 2 fully saturated rings. The summed E-state index contributed by atoms with van der Waals surface area (Å²) in [6.07, 6.45) is 4.75. The number of thiophene rings is 1. The van der Waals surface area contributed by atoms with Crippen molar-refractivity contribution in [1.82, 2.24) is 10.6 Å². The second kappa shape index (κ2) is 6.25. The minimum atomic E-state index is -0.116. The summed E-state index contributed by atoms with van der Waals surface area (Å²) in [5.41, 5.74) is -0.116. The van der Waals surface area contributed by atoms with E-state index >= 15 is 0 Å². The Kier molecular flexibility index (Phi) is 4.87. The first-order chi connectivity index (χ1) is 8.81. The monoisotopic (exact) mass is 300 g/mol. The largest absolute Gasteiger partial charge is 0.351 e. The third-order valence-electron chi connectivity index (χ3n) is 4.49. The average molecular weight is 301 g/mol. The van der Waals surface area contributed by atoms with E-state index in [4.69, 9.17) is 0 Å². The minimum Gasteiger partial charge on any atom is -0.351 e. The van der Waals surface area contributed by atoms with E-state index in [0.717, 1.165) is 19.5 Å². The quantitative estimate of drug-likeness (QED) is 0.901. The van der Waals surface area contributed by atoms with Crippen molar-refractivity contribution in [2.75, 3.05) is 13.1 Å². The summed E-state index contributed by atoms with van der Waals surface area (Å²) in [4.78, 5) is 13.8. The van der Waals surface area contributed by atoms with Crippen LogP contribution in [0.2, 0.25) is 0 Å². The third kappa shape index (κ3) is 2.81. The summed E-state index contributed by atoms with van der Waals surface area (Å²) in [6.45, 7) is 2.57. The van der Waals surface area contributed by atoms with Crippen LogP contribution >= 0.6 is 23.7 Å². The highest BCUT2D eigenvalue weighted by atomic mass is 35.5. The topological polar surface area (TPSA) is 41.1 Å². The lowest BCUT2D eigenvalue weighted by Crippen LogP contribution is -2.47. The van der Waals surface area contributed by atoms with E-state index in [9.17, 15) is 4.79 Å². The van der Waals surface area contributed by atoms with Crippen molar-refractivity contribution in [3.63, 3.8) is 0 Å². The molecule has 0 radical (unpaired) electrons. The van der Waals surface area contributed by atoms with Crippen molar-refractivity contribution in [3.8, 4) is 0 Å². The number of halogens is 1. The standard InChI is InChI=1S/C14H20N2OS.ClH/c17-13(16-9-12-5-3-7-18-12)14-6-2-1-4-11(14)8-15-10-14;/h3,5,7,11,15H,1-2,4,6,8-10H2,(H,16,17);1H/t11-,14+;/m0./s1. The highest BCUT2D eigenvalue weighted by Gasteiger charge is 2.49. The molecule has 0 spiro atoms. The fourth-order valence-corrected chi connectivity index (χ4v) is 4.09. The molecular weight excluding hydrogens is 280 g/mol. The van der Waals surface area contributed by atoms with E-state index < -0.39 is 0 Å². The number of hydrogen-bond donors (Lipinski definition) is 2. The number of amides is 1. The normalized spacial score (nSPS) is 29.4. The van der Waals surface area contributed by atoms with E-state index in [-0.39, 0.29) is 23.7 Å². The highest BCUT2D eigenvalue weighted by molar-refractivity contribution is 7.09. The van der Waals surface area contributed by atoms with Gasteiger partial charge in [0.2, 0.25) is 5.91 Å². The molecule has 0 bridgehead atoms. The van der Waals surface area contributed by atoms with Crippen LogP contribution in [-0.4, -0.2) is 19.0 Å². The van der Waals surface area contributed by atoms with Gasteiger partial charge in [0.05, 0.1) is 12.0 Å². The molecular formula is C14H21ClN2OS. The van der Waals surface area contributed by atoms with Crippen molar-refractivity contribution in [2.45, 2.75) is 32.2 Å². The maximum Gasteiger partial charge on any atom is 0.228 e. The Balaban J connectivity index is 0.00000133. The van der Waals surface area contributed by atoms with E-state index in [2.05, 4.69) is 22.1 Å². The Morgan fingerprint density at radius 2 is 2.42 bits per heavy atom. The molecule has 1 aliphatic heterocycles. The molecule has 2 aliphatic rings. The minimum absolute atomic E-state index is 0. The maximum absolute atomic E-state index is 12.6. The fourth-order valence-electron chi connectivity index (χ4n) is 3.45. The van der Waals surface area contributed by atoms with Crippen LogP contribution in [0, 0.1) is 11.3 Å². The molecule has 0 aromatic carbocycles. The molecule has 1 amide bonds. The van der Waals surface area contributed by atoms with E-state index in [1.165, 1.54) is 24.1 Å². The number of hydrogen-bond acceptors (Lipinski definition) is 3. The molecule has 1 saturated carbocycles. The Morgan fingerprint density at radius 3 is 3.21 bits per heavy atom. The number of nitrogens with one attached hydrogen (secondary N) is 2. The number of fused-ring (bicyclic) bond motifs is 1. The number of carbonyl (C=O) groups is 1.